The van der Waals surface area contributed by atoms with Crippen LogP contribution in [0, 0.1) is 13.8 Å². The van der Waals surface area contributed by atoms with Gasteiger partial charge in [0, 0.05) is 36.2 Å². The summed E-state index contributed by atoms with van der Waals surface area (Å²) in [5, 5.41) is 4.55. The molecule has 0 unspecified atom stereocenters. The molecule has 1 heterocycles. The lowest BCUT2D eigenvalue weighted by Gasteiger charge is -2.21. The van der Waals surface area contributed by atoms with Crippen molar-refractivity contribution >= 4 is 39.9 Å². The third-order valence-corrected chi connectivity index (χ3v) is 5.29. The molecule has 6 nitrogen and oxygen atoms in total. The number of halogens is 1. The zero-order chi connectivity index (χ0) is 22.5. The van der Waals surface area contributed by atoms with Crippen molar-refractivity contribution in [3.05, 3.63) is 58.6 Å². The maximum Gasteiger partial charge on any atom is 0.262 e. The number of pyridine rings is 1. The average Bonchev–Trinajstić information content (AvgIpc) is 2.71. The highest BCUT2D eigenvalue weighted by atomic mass is 35.5. The van der Waals surface area contributed by atoms with Gasteiger partial charge in [0.2, 0.25) is 0 Å². The number of amides is 1. The van der Waals surface area contributed by atoms with Gasteiger partial charge in [0.25, 0.3) is 5.91 Å². The molecule has 0 aliphatic rings. The number of hydrogen-bond acceptors (Lipinski definition) is 5. The Balaban J connectivity index is 1.68. The number of hydrogen-bond donors (Lipinski definition) is 1. The van der Waals surface area contributed by atoms with E-state index in [1.165, 1.54) is 0 Å². The monoisotopic (exact) mass is 440 g/mol. The summed E-state index contributed by atoms with van der Waals surface area (Å²) in [6.07, 6.45) is 0. The van der Waals surface area contributed by atoms with Crippen LogP contribution in [0.4, 0.5) is 11.5 Å². The molecule has 0 fully saturated rings. The molecule has 7 heteroatoms. The fourth-order valence-corrected chi connectivity index (χ4v) is 3.46. The summed E-state index contributed by atoms with van der Waals surface area (Å²) >= 11 is 5.96. The zero-order valence-electron chi connectivity index (χ0n) is 18.7. The zero-order valence-corrected chi connectivity index (χ0v) is 19.5. The number of carbonyl (C=O) groups excluding carboxylic acids is 1. The Morgan fingerprint density at radius 1 is 1.03 bits per heavy atom. The van der Waals surface area contributed by atoms with Gasteiger partial charge in [-0.15, -0.1) is 0 Å². The molecular formula is C24H29ClN4O2. The Labute approximate surface area is 188 Å². The van der Waals surface area contributed by atoms with Crippen LogP contribution in [0.3, 0.4) is 0 Å². The summed E-state index contributed by atoms with van der Waals surface area (Å²) in [5.74, 6) is 1.36. The second kappa shape index (κ2) is 9.98. The van der Waals surface area contributed by atoms with E-state index in [9.17, 15) is 4.79 Å². The van der Waals surface area contributed by atoms with Crippen molar-refractivity contribution in [1.29, 1.82) is 0 Å². The largest absolute Gasteiger partial charge is 0.483 e. The summed E-state index contributed by atoms with van der Waals surface area (Å²) in [7, 11) is 6.17. The Bertz CT molecular complexity index is 1080. The molecule has 1 N–H and O–H groups in total. The lowest BCUT2D eigenvalue weighted by Crippen LogP contribution is -2.29. The van der Waals surface area contributed by atoms with Crippen molar-refractivity contribution in [2.24, 2.45) is 0 Å². The molecule has 0 spiro atoms. The van der Waals surface area contributed by atoms with Crippen LogP contribution in [0.25, 0.3) is 10.9 Å². The van der Waals surface area contributed by atoms with E-state index >= 15 is 0 Å². The Kier molecular flexibility index (Phi) is 7.36. The van der Waals surface area contributed by atoms with Crippen molar-refractivity contribution < 1.29 is 9.53 Å². The minimum atomic E-state index is -0.223. The molecule has 0 aliphatic heterocycles. The third-order valence-electron chi connectivity index (χ3n) is 5.06. The first kappa shape index (κ1) is 22.8. The van der Waals surface area contributed by atoms with Gasteiger partial charge in [-0.2, -0.15) is 0 Å². The minimum absolute atomic E-state index is 0.0760. The van der Waals surface area contributed by atoms with Gasteiger partial charge in [0.1, 0.15) is 11.6 Å². The average molecular weight is 441 g/mol. The smallest absolute Gasteiger partial charge is 0.262 e. The maximum atomic E-state index is 12.4. The number of nitrogens with zero attached hydrogens (tertiary/aromatic N) is 3. The fraction of sp³-hybridized carbons (Fsp3) is 0.333. The molecule has 0 saturated carbocycles. The van der Waals surface area contributed by atoms with Gasteiger partial charge in [-0.05, 0) is 81.5 Å². The topological polar surface area (TPSA) is 57.7 Å². The number of fused-ring (bicyclic) bond motifs is 1. The Morgan fingerprint density at radius 3 is 2.52 bits per heavy atom. The van der Waals surface area contributed by atoms with E-state index in [0.29, 0.717) is 16.5 Å². The third kappa shape index (κ3) is 6.09. The van der Waals surface area contributed by atoms with Crippen LogP contribution in [0.5, 0.6) is 5.75 Å². The van der Waals surface area contributed by atoms with Gasteiger partial charge < -0.3 is 19.9 Å². The van der Waals surface area contributed by atoms with Gasteiger partial charge in [0.15, 0.2) is 6.61 Å². The summed E-state index contributed by atoms with van der Waals surface area (Å²) < 4.78 is 5.63. The molecule has 0 saturated heterocycles. The molecule has 31 heavy (non-hydrogen) atoms. The Hall–Kier alpha value is -2.83. The second-order valence-corrected chi connectivity index (χ2v) is 8.44. The lowest BCUT2D eigenvalue weighted by molar-refractivity contribution is -0.118. The Morgan fingerprint density at radius 2 is 1.81 bits per heavy atom. The van der Waals surface area contributed by atoms with Crippen LogP contribution in [0.2, 0.25) is 5.02 Å². The van der Waals surface area contributed by atoms with Crippen LogP contribution in [0.1, 0.15) is 11.1 Å². The maximum absolute atomic E-state index is 12.4. The fourth-order valence-electron chi connectivity index (χ4n) is 3.23. The van der Waals surface area contributed by atoms with Gasteiger partial charge >= 0.3 is 0 Å². The molecule has 3 rings (SSSR count). The van der Waals surface area contributed by atoms with Crippen molar-refractivity contribution in [1.82, 2.24) is 9.88 Å². The summed E-state index contributed by atoms with van der Waals surface area (Å²) in [5.41, 5.74) is 3.62. The number of likely N-dealkylation sites (N-methyl/N-ethyl adjacent to an activating group) is 2. The molecule has 164 valence electrons. The quantitative estimate of drug-likeness (QED) is 0.558. The number of ether oxygens (including phenoxy) is 1. The normalized spacial score (nSPS) is 11.1. The highest BCUT2D eigenvalue weighted by Crippen LogP contribution is 2.25. The van der Waals surface area contributed by atoms with Crippen LogP contribution in [-0.2, 0) is 4.79 Å². The number of aromatic nitrogens is 1. The molecule has 0 radical (unpaired) electrons. The molecule has 1 amide bonds. The van der Waals surface area contributed by atoms with Gasteiger partial charge in [0.05, 0.1) is 5.52 Å². The highest BCUT2D eigenvalue weighted by molar-refractivity contribution is 6.30. The van der Waals surface area contributed by atoms with E-state index in [1.54, 1.807) is 18.2 Å². The number of rotatable bonds is 8. The molecule has 2 aromatic carbocycles. The number of nitrogens with one attached hydrogen (secondary N) is 1. The van der Waals surface area contributed by atoms with E-state index < -0.39 is 0 Å². The number of anilines is 2. The van der Waals surface area contributed by atoms with Crippen LogP contribution >= 0.6 is 11.6 Å². The minimum Gasteiger partial charge on any atom is -0.483 e. The standard InChI is InChI=1S/C24H29ClN4O2/c1-16-13-23(29(5)11-10-28(3)4)27-21-8-7-19(14-20(16)21)26-24(30)15-31-22-9-6-18(25)12-17(22)2/h6-9,12-14H,10-11,15H2,1-5H3,(H,26,30). The number of carbonyl (C=O) groups is 1. The van der Waals surface area contributed by atoms with Gasteiger partial charge in [-0.1, -0.05) is 11.6 Å². The summed E-state index contributed by atoms with van der Waals surface area (Å²) in [6, 6.07) is 13.1. The SMILES string of the molecule is Cc1cc(Cl)ccc1OCC(=O)Nc1ccc2nc(N(C)CCN(C)C)cc(C)c2c1. The van der Waals surface area contributed by atoms with Crippen LogP contribution in [0.15, 0.2) is 42.5 Å². The van der Waals surface area contributed by atoms with Crippen molar-refractivity contribution in [3.8, 4) is 5.75 Å². The number of aryl methyl sites for hydroxylation is 2. The first-order valence-electron chi connectivity index (χ1n) is 10.2. The first-order chi connectivity index (χ1) is 14.7. The van der Waals surface area contributed by atoms with E-state index in [2.05, 4.69) is 42.2 Å². The highest BCUT2D eigenvalue weighted by Gasteiger charge is 2.10. The van der Waals surface area contributed by atoms with Crippen molar-refractivity contribution in [2.75, 3.05) is 51.1 Å². The van der Waals surface area contributed by atoms with Gasteiger partial charge in [-0.3, -0.25) is 4.79 Å². The van der Waals surface area contributed by atoms with Crippen LogP contribution < -0.4 is 15.0 Å². The van der Waals surface area contributed by atoms with Crippen molar-refractivity contribution in [3.63, 3.8) is 0 Å². The predicted molar refractivity (Wildman–Crippen MR) is 129 cm³/mol. The molecular weight excluding hydrogens is 412 g/mol. The molecule has 0 atom stereocenters. The second-order valence-electron chi connectivity index (χ2n) is 8.00. The molecule has 1 aromatic heterocycles. The van der Waals surface area contributed by atoms with Crippen LogP contribution in [-0.4, -0.2) is 56.6 Å². The van der Waals surface area contributed by atoms with E-state index in [0.717, 1.165) is 40.9 Å². The van der Waals surface area contributed by atoms with E-state index in [1.807, 2.05) is 32.2 Å². The van der Waals surface area contributed by atoms with Crippen molar-refractivity contribution in [2.45, 2.75) is 13.8 Å². The van der Waals surface area contributed by atoms with E-state index in [4.69, 9.17) is 21.3 Å². The molecule has 0 bridgehead atoms. The summed E-state index contributed by atoms with van der Waals surface area (Å²) in [4.78, 5) is 21.5. The van der Waals surface area contributed by atoms with E-state index in [-0.39, 0.29) is 12.5 Å². The first-order valence-corrected chi connectivity index (χ1v) is 10.6. The molecule has 3 aromatic rings. The summed E-state index contributed by atoms with van der Waals surface area (Å²) in [6.45, 7) is 5.73. The van der Waals surface area contributed by atoms with Gasteiger partial charge in [-0.25, -0.2) is 4.98 Å². The molecule has 0 aliphatic carbocycles. The predicted octanol–water partition coefficient (Wildman–Crippen LogP) is 4.52. The number of benzene rings is 2. The lowest BCUT2D eigenvalue weighted by atomic mass is 10.1.